The van der Waals surface area contributed by atoms with E-state index in [-0.39, 0.29) is 18.0 Å². The van der Waals surface area contributed by atoms with Gasteiger partial charge in [0.05, 0.1) is 16.8 Å². The van der Waals surface area contributed by atoms with Gasteiger partial charge in [0.1, 0.15) is 5.54 Å². The molecule has 4 aliphatic rings. The van der Waals surface area contributed by atoms with Gasteiger partial charge in [-0.3, -0.25) is 9.69 Å². The molecule has 0 aliphatic carbocycles. The Kier molecular flexibility index (Phi) is 7.20. The minimum atomic E-state index is -0.830. The number of halogens is 1. The Balaban J connectivity index is 1.15. The Hall–Kier alpha value is -2.81. The van der Waals surface area contributed by atoms with E-state index in [0.717, 1.165) is 51.4 Å². The lowest BCUT2D eigenvalue weighted by Crippen LogP contribution is -2.56. The van der Waals surface area contributed by atoms with Crippen LogP contribution in [0.1, 0.15) is 44.6 Å². The predicted molar refractivity (Wildman–Crippen MR) is 155 cm³/mol. The van der Waals surface area contributed by atoms with Crippen molar-refractivity contribution in [3.8, 4) is 0 Å². The van der Waals surface area contributed by atoms with Crippen LogP contribution in [-0.4, -0.2) is 84.3 Å². The van der Waals surface area contributed by atoms with E-state index < -0.39 is 5.54 Å². The molecule has 4 saturated heterocycles. The number of hydrogen-bond acceptors (Lipinski definition) is 6. The summed E-state index contributed by atoms with van der Waals surface area (Å²) in [5.41, 5.74) is 3.07. The summed E-state index contributed by atoms with van der Waals surface area (Å²) in [7, 11) is 0. The highest BCUT2D eigenvalue weighted by atomic mass is 35.5. The third-order valence-corrected chi connectivity index (χ3v) is 9.36. The Labute approximate surface area is 235 Å². The van der Waals surface area contributed by atoms with E-state index in [1.165, 1.54) is 29.0 Å². The smallest absolute Gasteiger partial charge is 0.332 e. The number of benzene rings is 2. The number of rotatable bonds is 6. The molecule has 208 valence electrons. The molecule has 0 bridgehead atoms. The molecular weight excluding hydrogens is 514 g/mol. The van der Waals surface area contributed by atoms with Crippen molar-refractivity contribution in [2.24, 2.45) is 0 Å². The molecule has 1 spiro atoms. The average molecular weight is 552 g/mol. The Morgan fingerprint density at radius 2 is 1.62 bits per heavy atom. The van der Waals surface area contributed by atoms with Crippen LogP contribution in [-0.2, 0) is 11.3 Å². The third kappa shape index (κ3) is 4.77. The largest absolute Gasteiger partial charge is 0.391 e. The molecule has 2 aromatic rings. The number of hydrogen-bond donors (Lipinski definition) is 1. The fourth-order valence-corrected chi connectivity index (χ4v) is 7.08. The fraction of sp³-hybridized carbons (Fsp3) is 0.533. The van der Waals surface area contributed by atoms with E-state index in [0.29, 0.717) is 36.6 Å². The molecule has 0 saturated carbocycles. The molecule has 4 aliphatic heterocycles. The number of amides is 3. The number of aliphatic hydroxyl groups excluding tert-OH is 1. The molecule has 4 fully saturated rings. The minimum Gasteiger partial charge on any atom is -0.391 e. The molecule has 0 aromatic heterocycles. The summed E-state index contributed by atoms with van der Waals surface area (Å²) in [5.74, 6) is -0.171. The van der Waals surface area contributed by atoms with Crippen molar-refractivity contribution in [3.63, 3.8) is 0 Å². The van der Waals surface area contributed by atoms with Crippen LogP contribution in [0.2, 0.25) is 5.02 Å². The SMILES string of the molecule is CCN1C(=O)N(c2ccc(N3CCC(O)C3)cc2Cl)C(=O)C12CCN(Cc1ccc(N3CCCC3)cc1)CC2. The Morgan fingerprint density at radius 1 is 0.923 bits per heavy atom. The summed E-state index contributed by atoms with van der Waals surface area (Å²) >= 11 is 6.67. The van der Waals surface area contributed by atoms with Crippen molar-refractivity contribution in [1.82, 2.24) is 9.80 Å². The van der Waals surface area contributed by atoms with E-state index in [2.05, 4.69) is 39.0 Å². The molecular formula is C30H38ClN5O3. The van der Waals surface area contributed by atoms with Crippen molar-refractivity contribution < 1.29 is 14.7 Å². The lowest BCUT2D eigenvalue weighted by Gasteiger charge is -2.42. The van der Waals surface area contributed by atoms with Crippen LogP contribution in [0.15, 0.2) is 42.5 Å². The van der Waals surface area contributed by atoms with Crippen LogP contribution in [0.25, 0.3) is 0 Å². The number of carbonyl (C=O) groups is 2. The van der Waals surface area contributed by atoms with E-state index in [9.17, 15) is 14.7 Å². The van der Waals surface area contributed by atoms with Gasteiger partial charge >= 0.3 is 6.03 Å². The predicted octanol–water partition coefficient (Wildman–Crippen LogP) is 4.33. The van der Waals surface area contributed by atoms with Gasteiger partial charge in [-0.2, -0.15) is 0 Å². The molecule has 6 rings (SSSR count). The zero-order chi connectivity index (χ0) is 27.1. The number of piperidine rings is 1. The first-order chi connectivity index (χ1) is 18.9. The number of nitrogens with zero attached hydrogens (tertiary/aromatic N) is 5. The van der Waals surface area contributed by atoms with Gasteiger partial charge < -0.3 is 19.8 Å². The van der Waals surface area contributed by atoms with E-state index in [4.69, 9.17) is 11.6 Å². The van der Waals surface area contributed by atoms with Crippen molar-refractivity contribution in [3.05, 3.63) is 53.1 Å². The molecule has 1 unspecified atom stereocenters. The number of likely N-dealkylation sites (N-methyl/N-ethyl adjacent to an activating group) is 1. The number of likely N-dealkylation sites (tertiary alicyclic amines) is 1. The van der Waals surface area contributed by atoms with Crippen LogP contribution in [0.5, 0.6) is 0 Å². The van der Waals surface area contributed by atoms with Crippen molar-refractivity contribution >= 4 is 40.6 Å². The number of imide groups is 1. The summed E-state index contributed by atoms with van der Waals surface area (Å²) in [5, 5.41) is 10.3. The third-order valence-electron chi connectivity index (χ3n) is 9.05. The molecule has 9 heteroatoms. The van der Waals surface area contributed by atoms with Gasteiger partial charge in [-0.1, -0.05) is 23.7 Å². The quantitative estimate of drug-likeness (QED) is 0.539. The molecule has 3 amide bonds. The standard InChI is InChI=1S/C30H38ClN5O3/c1-2-35-29(39)36(27-10-9-24(19-26(27)31)34-16-11-25(37)21-34)28(38)30(35)12-17-32(18-13-30)20-22-5-7-23(8-6-22)33-14-3-4-15-33/h5-10,19,25,37H,2-4,11-18,20-21H2,1H3. The first-order valence-electron chi connectivity index (χ1n) is 14.3. The molecule has 2 aromatic carbocycles. The Bertz CT molecular complexity index is 1220. The van der Waals surface area contributed by atoms with Crippen molar-refractivity contribution in [2.45, 2.75) is 57.2 Å². The minimum absolute atomic E-state index is 0.171. The summed E-state index contributed by atoms with van der Waals surface area (Å²) < 4.78 is 0. The maximum absolute atomic E-state index is 14.0. The first-order valence-corrected chi connectivity index (χ1v) is 14.7. The van der Waals surface area contributed by atoms with Gasteiger partial charge in [0.2, 0.25) is 0 Å². The lowest BCUT2D eigenvalue weighted by atomic mass is 9.85. The van der Waals surface area contributed by atoms with Crippen LogP contribution in [0, 0.1) is 0 Å². The second-order valence-electron chi connectivity index (χ2n) is 11.4. The number of aliphatic hydroxyl groups is 1. The second kappa shape index (κ2) is 10.6. The van der Waals surface area contributed by atoms with Crippen molar-refractivity contribution in [1.29, 1.82) is 0 Å². The van der Waals surface area contributed by atoms with Gasteiger partial charge in [-0.25, -0.2) is 9.69 Å². The van der Waals surface area contributed by atoms with E-state index >= 15 is 0 Å². The molecule has 1 atom stereocenters. The first kappa shape index (κ1) is 26.4. The fourth-order valence-electron chi connectivity index (χ4n) is 6.83. The maximum Gasteiger partial charge on any atom is 0.332 e. The highest BCUT2D eigenvalue weighted by Crippen LogP contribution is 2.42. The molecule has 8 nitrogen and oxygen atoms in total. The van der Waals surface area contributed by atoms with Crippen LogP contribution < -0.4 is 14.7 Å². The molecule has 1 N–H and O–H groups in total. The van der Waals surface area contributed by atoms with Gasteiger partial charge in [-0.15, -0.1) is 0 Å². The van der Waals surface area contributed by atoms with Gasteiger partial charge in [-0.05, 0) is 74.9 Å². The number of carbonyl (C=O) groups excluding carboxylic acids is 2. The maximum atomic E-state index is 14.0. The monoisotopic (exact) mass is 551 g/mol. The molecule has 39 heavy (non-hydrogen) atoms. The molecule has 4 heterocycles. The second-order valence-corrected chi connectivity index (χ2v) is 11.8. The zero-order valence-corrected chi connectivity index (χ0v) is 23.4. The van der Waals surface area contributed by atoms with E-state index in [1.54, 1.807) is 17.0 Å². The van der Waals surface area contributed by atoms with Gasteiger partial charge in [0, 0.05) is 63.7 Å². The van der Waals surface area contributed by atoms with Crippen LogP contribution in [0.4, 0.5) is 21.9 Å². The highest BCUT2D eigenvalue weighted by Gasteiger charge is 2.58. The van der Waals surface area contributed by atoms with Crippen LogP contribution in [0.3, 0.4) is 0 Å². The summed E-state index contributed by atoms with van der Waals surface area (Å²) in [6.07, 6.45) is 4.13. The average Bonchev–Trinajstić information content (AvgIpc) is 3.67. The highest BCUT2D eigenvalue weighted by molar-refractivity contribution is 6.36. The van der Waals surface area contributed by atoms with Crippen LogP contribution >= 0.6 is 11.6 Å². The molecule has 0 radical (unpaired) electrons. The Morgan fingerprint density at radius 3 is 2.23 bits per heavy atom. The summed E-state index contributed by atoms with van der Waals surface area (Å²) in [4.78, 5) is 37.5. The normalized spacial score (nSPS) is 23.6. The summed E-state index contributed by atoms with van der Waals surface area (Å²) in [6, 6.07) is 14.1. The number of anilines is 3. The van der Waals surface area contributed by atoms with Gasteiger partial charge in [0.15, 0.2) is 0 Å². The van der Waals surface area contributed by atoms with Gasteiger partial charge in [0.25, 0.3) is 5.91 Å². The lowest BCUT2D eigenvalue weighted by molar-refractivity contribution is -0.127. The summed E-state index contributed by atoms with van der Waals surface area (Å²) in [6.45, 7) is 8.35. The van der Waals surface area contributed by atoms with E-state index in [1.807, 2.05) is 13.0 Å². The van der Waals surface area contributed by atoms with Crippen molar-refractivity contribution in [2.75, 3.05) is 60.5 Å². The zero-order valence-electron chi connectivity index (χ0n) is 22.7. The topological polar surface area (TPSA) is 70.6 Å². The number of urea groups is 1. The number of β-amino-alcohol motifs (C(OH)–C–C–N with tert-alkyl or cyclic N) is 1.